The molecule has 1 aliphatic heterocycles. The average Bonchev–Trinajstić information content (AvgIpc) is 2.97. The number of carbonyl (C=O) groups is 1. The van der Waals surface area contributed by atoms with Gasteiger partial charge in [0.15, 0.2) is 0 Å². The maximum absolute atomic E-state index is 13.2. The van der Waals surface area contributed by atoms with Crippen molar-refractivity contribution in [2.45, 2.75) is 106 Å². The van der Waals surface area contributed by atoms with E-state index in [0.717, 1.165) is 68.9 Å². The molecule has 44 heavy (non-hydrogen) atoms. The molecule has 0 aliphatic carbocycles. The van der Waals surface area contributed by atoms with Crippen LogP contribution < -0.4 is 10.5 Å². The Morgan fingerprint density at radius 3 is 2.05 bits per heavy atom. The topological polar surface area (TPSA) is 92.8 Å². The van der Waals surface area contributed by atoms with E-state index in [-0.39, 0.29) is 28.6 Å². The Bertz CT molecular complexity index is 1190. The van der Waals surface area contributed by atoms with Gasteiger partial charge in [0.1, 0.15) is 23.9 Å². The first kappa shape index (κ1) is 35.8. The van der Waals surface area contributed by atoms with Crippen LogP contribution in [0.1, 0.15) is 101 Å². The predicted molar refractivity (Wildman–Crippen MR) is 163 cm³/mol. The number of carbonyl (C=O) groups excluding carboxylic acids is 1. The summed E-state index contributed by atoms with van der Waals surface area (Å²) < 4.78 is 69.4. The highest BCUT2D eigenvalue weighted by molar-refractivity contribution is 7.99. The normalized spacial score (nSPS) is 19.3. The lowest BCUT2D eigenvalue weighted by Crippen LogP contribution is -2.40. The van der Waals surface area contributed by atoms with Gasteiger partial charge in [-0.3, -0.25) is 4.79 Å². The summed E-state index contributed by atoms with van der Waals surface area (Å²) in [5.41, 5.74) is 7.40. The van der Waals surface area contributed by atoms with Crippen LogP contribution in [0, 0.1) is 5.92 Å². The number of benzene rings is 2. The zero-order valence-corrected chi connectivity index (χ0v) is 26.0. The molecular formula is C33H44F5NO4S. The average molecular weight is 646 g/mol. The second-order valence-electron chi connectivity index (χ2n) is 11.8. The third-order valence-electron chi connectivity index (χ3n) is 8.77. The highest BCUT2D eigenvalue weighted by Crippen LogP contribution is 2.55. The first-order chi connectivity index (χ1) is 20.8. The molecule has 1 aliphatic rings. The molecule has 1 heterocycles. The summed E-state index contributed by atoms with van der Waals surface area (Å²) >= 11 is 1.74. The van der Waals surface area contributed by atoms with Crippen molar-refractivity contribution in [3.05, 3.63) is 53.6 Å². The summed E-state index contributed by atoms with van der Waals surface area (Å²) in [7, 11) is 0. The molecule has 0 fully saturated rings. The highest BCUT2D eigenvalue weighted by Gasteiger charge is 2.56. The largest absolute Gasteiger partial charge is 0.508 e. The van der Waals surface area contributed by atoms with Crippen molar-refractivity contribution in [1.82, 2.24) is 0 Å². The van der Waals surface area contributed by atoms with Gasteiger partial charge in [0.05, 0.1) is 4.75 Å². The fourth-order valence-electron chi connectivity index (χ4n) is 6.11. The van der Waals surface area contributed by atoms with Crippen molar-refractivity contribution in [3.63, 3.8) is 0 Å². The van der Waals surface area contributed by atoms with Gasteiger partial charge in [-0.1, -0.05) is 76.0 Å². The summed E-state index contributed by atoms with van der Waals surface area (Å²) in [6, 6.07) is 12.6. The molecule has 0 aromatic heterocycles. The minimum absolute atomic E-state index is 0.162. The van der Waals surface area contributed by atoms with E-state index in [0.29, 0.717) is 18.8 Å². The van der Waals surface area contributed by atoms with Gasteiger partial charge in [-0.25, -0.2) is 0 Å². The van der Waals surface area contributed by atoms with E-state index in [1.165, 1.54) is 0 Å². The molecule has 0 saturated heterocycles. The number of halogens is 5. The molecule has 3 atom stereocenters. The molecule has 0 saturated carbocycles. The van der Waals surface area contributed by atoms with Crippen molar-refractivity contribution in [3.8, 4) is 17.2 Å². The van der Waals surface area contributed by atoms with Crippen LogP contribution in [0.5, 0.6) is 17.2 Å². The Balaban J connectivity index is 1.39. The Kier molecular flexibility index (Phi) is 13.0. The van der Waals surface area contributed by atoms with E-state index in [1.807, 2.05) is 18.2 Å². The fraction of sp³-hybridized carbons (Fsp3) is 0.606. The maximum Gasteiger partial charge on any atom is 0.453 e. The van der Waals surface area contributed by atoms with Crippen molar-refractivity contribution in [2.24, 2.45) is 11.7 Å². The molecule has 2 aromatic rings. The number of phenolic OH excluding ortho intramolecular Hbond substituents is 2. The quantitative estimate of drug-likeness (QED) is 0.111. The first-order valence-corrected chi connectivity index (χ1v) is 16.6. The number of rotatable bonds is 18. The van der Waals surface area contributed by atoms with Gasteiger partial charge in [-0.05, 0) is 54.8 Å². The lowest BCUT2D eigenvalue weighted by molar-refractivity contribution is -0.285. The molecule has 0 radical (unpaired) electrons. The van der Waals surface area contributed by atoms with Gasteiger partial charge >= 0.3 is 12.1 Å². The number of nitrogens with two attached hydrogens (primary N) is 1. The number of alkyl halides is 5. The van der Waals surface area contributed by atoms with Crippen LogP contribution in [-0.4, -0.2) is 41.1 Å². The molecule has 1 amide bonds. The summed E-state index contributed by atoms with van der Waals surface area (Å²) in [6.07, 6.45) is 4.12. The molecule has 11 heteroatoms. The summed E-state index contributed by atoms with van der Waals surface area (Å²) in [4.78, 5) is 11.5. The Hall–Kier alpha value is -2.69. The molecule has 246 valence electrons. The Morgan fingerprint density at radius 1 is 0.909 bits per heavy atom. The first-order valence-electron chi connectivity index (χ1n) is 15.3. The van der Waals surface area contributed by atoms with E-state index in [2.05, 4.69) is 6.26 Å². The number of hydrogen-bond acceptors (Lipinski definition) is 5. The smallest absolute Gasteiger partial charge is 0.453 e. The number of fused-ring (bicyclic) bond motifs is 1. The van der Waals surface area contributed by atoms with Crippen molar-refractivity contribution < 1.29 is 41.7 Å². The SMILES string of the molecule is CSC1(c2ccc(O)cc2)COc2cc(O)ccc2C1CCCCCCCCCCCC(CCC(F)(F)C(F)(F)F)C(N)=O. The second-order valence-corrected chi connectivity index (χ2v) is 12.9. The molecule has 0 spiro atoms. The van der Waals surface area contributed by atoms with Gasteiger partial charge in [0, 0.05) is 24.3 Å². The molecule has 4 N–H and O–H groups in total. The molecule has 0 bridgehead atoms. The number of ether oxygens (including phenoxy) is 1. The van der Waals surface area contributed by atoms with Crippen LogP contribution in [0.3, 0.4) is 0 Å². The van der Waals surface area contributed by atoms with Crippen LogP contribution in [0.4, 0.5) is 22.0 Å². The number of aromatic hydroxyl groups is 2. The minimum Gasteiger partial charge on any atom is -0.508 e. The maximum atomic E-state index is 13.2. The monoisotopic (exact) mass is 645 g/mol. The van der Waals surface area contributed by atoms with Crippen LogP contribution in [0.2, 0.25) is 0 Å². The summed E-state index contributed by atoms with van der Waals surface area (Å²) in [5.74, 6) is -5.37. The number of hydrogen-bond donors (Lipinski definition) is 3. The molecule has 2 aromatic carbocycles. The fourth-order valence-corrected chi connectivity index (χ4v) is 7.19. The van der Waals surface area contributed by atoms with Crippen molar-refractivity contribution >= 4 is 17.7 Å². The number of unbranched alkanes of at least 4 members (excludes halogenated alkanes) is 8. The van der Waals surface area contributed by atoms with Crippen LogP contribution in [-0.2, 0) is 9.54 Å². The molecule has 5 nitrogen and oxygen atoms in total. The van der Waals surface area contributed by atoms with Gasteiger partial charge in [-0.15, -0.1) is 11.8 Å². The molecule has 3 unspecified atom stereocenters. The van der Waals surface area contributed by atoms with Crippen LogP contribution in [0.25, 0.3) is 0 Å². The summed E-state index contributed by atoms with van der Waals surface area (Å²) in [6.45, 7) is 0.459. The Labute approximate surface area is 260 Å². The van der Waals surface area contributed by atoms with Gasteiger partial charge in [0.25, 0.3) is 0 Å². The van der Waals surface area contributed by atoms with Gasteiger partial charge in [-0.2, -0.15) is 22.0 Å². The minimum atomic E-state index is -5.62. The van der Waals surface area contributed by atoms with Crippen LogP contribution >= 0.6 is 11.8 Å². The number of amides is 1. The molecular weight excluding hydrogens is 601 g/mol. The number of thioether (sulfide) groups is 1. The summed E-state index contributed by atoms with van der Waals surface area (Å²) in [5, 5.41) is 19.8. The number of primary amides is 1. The van der Waals surface area contributed by atoms with Gasteiger partial charge in [0.2, 0.25) is 5.91 Å². The third-order valence-corrected chi connectivity index (χ3v) is 10.1. The Morgan fingerprint density at radius 2 is 1.48 bits per heavy atom. The van der Waals surface area contributed by atoms with E-state index in [1.54, 1.807) is 36.0 Å². The van der Waals surface area contributed by atoms with E-state index in [9.17, 15) is 37.0 Å². The predicted octanol–water partition coefficient (Wildman–Crippen LogP) is 9.20. The van der Waals surface area contributed by atoms with E-state index in [4.69, 9.17) is 10.5 Å². The molecule has 3 rings (SSSR count). The highest BCUT2D eigenvalue weighted by atomic mass is 32.2. The van der Waals surface area contributed by atoms with Crippen LogP contribution in [0.15, 0.2) is 42.5 Å². The lowest BCUT2D eigenvalue weighted by Gasteiger charge is -2.44. The third kappa shape index (κ3) is 9.41. The lowest BCUT2D eigenvalue weighted by atomic mass is 9.76. The van der Waals surface area contributed by atoms with Gasteiger partial charge < -0.3 is 20.7 Å². The second kappa shape index (κ2) is 16.0. The number of phenols is 2. The zero-order chi connectivity index (χ0) is 32.4. The van der Waals surface area contributed by atoms with Crippen molar-refractivity contribution in [2.75, 3.05) is 12.9 Å². The zero-order valence-electron chi connectivity index (χ0n) is 25.2. The van der Waals surface area contributed by atoms with E-state index >= 15 is 0 Å². The van der Waals surface area contributed by atoms with Crippen molar-refractivity contribution in [1.29, 1.82) is 0 Å². The van der Waals surface area contributed by atoms with E-state index < -0.39 is 36.8 Å². The standard InChI is InChI=1S/C33H44F5NO4S/c1-44-31(24-13-15-25(40)16-14-24)22-43-29-21-26(41)17-18-27(29)28(31)12-10-8-6-4-2-3-5-7-9-11-23(30(39)42)19-20-32(34,35)33(36,37)38/h13-18,21,23,28,40-41H,2-12,19-20,22H2,1H3,(H2,39,42).